The number of sulfonamides is 1. The SMILES string of the molecule is CNS(=O)(=O)CCCCCn1c(Cc2cc3c(cc2I)CCC3)nc2c(N)nc(F)nc21. The third-order valence-electron chi connectivity index (χ3n) is 5.89. The molecule has 0 bridgehead atoms. The molecular formula is C21H26FIN6O2S. The zero-order valence-electron chi connectivity index (χ0n) is 17.9. The van der Waals surface area contributed by atoms with Gasteiger partial charge in [0, 0.05) is 16.5 Å². The second kappa shape index (κ2) is 9.56. The largest absolute Gasteiger partial charge is 0.382 e. The fourth-order valence-electron chi connectivity index (χ4n) is 4.20. The fraction of sp³-hybridized carbons (Fsp3) is 0.476. The molecule has 0 radical (unpaired) electrons. The topological polar surface area (TPSA) is 116 Å². The summed E-state index contributed by atoms with van der Waals surface area (Å²) >= 11 is 2.36. The number of halogens is 2. The van der Waals surface area contributed by atoms with Gasteiger partial charge in [0.25, 0.3) is 0 Å². The monoisotopic (exact) mass is 572 g/mol. The summed E-state index contributed by atoms with van der Waals surface area (Å²) in [5.74, 6) is 0.861. The number of aryl methyl sites for hydroxylation is 3. The van der Waals surface area contributed by atoms with E-state index in [0.29, 0.717) is 43.4 Å². The van der Waals surface area contributed by atoms with Gasteiger partial charge in [0.1, 0.15) is 5.82 Å². The van der Waals surface area contributed by atoms with Gasteiger partial charge in [-0.2, -0.15) is 14.4 Å². The van der Waals surface area contributed by atoms with Crippen LogP contribution in [0.3, 0.4) is 0 Å². The molecule has 0 amide bonds. The second-order valence-electron chi connectivity index (χ2n) is 8.06. The van der Waals surface area contributed by atoms with Crippen LogP contribution in [0.4, 0.5) is 10.2 Å². The Morgan fingerprint density at radius 2 is 1.91 bits per heavy atom. The number of fused-ring (bicyclic) bond motifs is 2. The number of unbranched alkanes of at least 4 members (excludes halogenated alkanes) is 2. The van der Waals surface area contributed by atoms with Gasteiger partial charge in [-0.05, 0) is 84.5 Å². The molecule has 2 heterocycles. The highest BCUT2D eigenvalue weighted by atomic mass is 127. The maximum Gasteiger partial charge on any atom is 0.312 e. The van der Waals surface area contributed by atoms with E-state index in [1.807, 2.05) is 4.57 Å². The summed E-state index contributed by atoms with van der Waals surface area (Å²) in [5.41, 5.74) is 10.7. The van der Waals surface area contributed by atoms with Crippen molar-refractivity contribution in [2.45, 2.75) is 51.5 Å². The number of benzene rings is 1. The molecule has 0 saturated heterocycles. The minimum Gasteiger partial charge on any atom is -0.382 e. The summed E-state index contributed by atoms with van der Waals surface area (Å²) in [6.45, 7) is 0.544. The lowest BCUT2D eigenvalue weighted by Gasteiger charge is -2.11. The van der Waals surface area contributed by atoms with Crippen LogP contribution >= 0.6 is 22.6 Å². The number of hydrogen-bond acceptors (Lipinski definition) is 6. The minimum atomic E-state index is -3.22. The average Bonchev–Trinajstić information content (AvgIpc) is 3.32. The van der Waals surface area contributed by atoms with Crippen LogP contribution in [0.1, 0.15) is 48.2 Å². The molecule has 1 aliphatic carbocycles. The molecule has 8 nitrogen and oxygen atoms in total. The van der Waals surface area contributed by atoms with Crippen LogP contribution in [0.2, 0.25) is 0 Å². The van der Waals surface area contributed by atoms with Crippen molar-refractivity contribution in [3.05, 3.63) is 44.3 Å². The van der Waals surface area contributed by atoms with E-state index in [1.54, 1.807) is 0 Å². The number of rotatable bonds is 9. The van der Waals surface area contributed by atoms with E-state index in [2.05, 4.69) is 54.4 Å². The Balaban J connectivity index is 1.60. The molecule has 32 heavy (non-hydrogen) atoms. The van der Waals surface area contributed by atoms with Crippen molar-refractivity contribution in [3.8, 4) is 0 Å². The lowest BCUT2D eigenvalue weighted by molar-refractivity contribution is 0.537. The number of nitrogens with zero attached hydrogens (tertiary/aromatic N) is 4. The normalized spacial score (nSPS) is 13.7. The van der Waals surface area contributed by atoms with Crippen LogP contribution < -0.4 is 10.5 Å². The second-order valence-corrected chi connectivity index (χ2v) is 11.3. The van der Waals surface area contributed by atoms with Gasteiger partial charge in [-0.1, -0.05) is 12.5 Å². The minimum absolute atomic E-state index is 0.0243. The molecule has 0 atom stereocenters. The number of nitrogens with one attached hydrogen (secondary N) is 1. The van der Waals surface area contributed by atoms with Crippen molar-refractivity contribution >= 4 is 49.6 Å². The number of imidazole rings is 1. The van der Waals surface area contributed by atoms with E-state index in [4.69, 9.17) is 5.73 Å². The number of anilines is 1. The van der Waals surface area contributed by atoms with Crippen LogP contribution in [0.5, 0.6) is 0 Å². The zero-order chi connectivity index (χ0) is 22.9. The Morgan fingerprint density at radius 3 is 2.66 bits per heavy atom. The molecule has 1 aromatic carbocycles. The highest BCUT2D eigenvalue weighted by Gasteiger charge is 2.20. The smallest absolute Gasteiger partial charge is 0.312 e. The number of nitrogen functional groups attached to an aromatic ring is 1. The van der Waals surface area contributed by atoms with Crippen molar-refractivity contribution in [2.24, 2.45) is 0 Å². The van der Waals surface area contributed by atoms with E-state index in [0.717, 1.165) is 18.7 Å². The third-order valence-corrected chi connectivity index (χ3v) is 8.34. The Kier molecular flexibility index (Phi) is 6.96. The van der Waals surface area contributed by atoms with Gasteiger partial charge < -0.3 is 10.3 Å². The van der Waals surface area contributed by atoms with Gasteiger partial charge in [-0.15, -0.1) is 0 Å². The van der Waals surface area contributed by atoms with Crippen LogP contribution in [-0.2, 0) is 35.8 Å². The molecule has 0 fully saturated rings. The van der Waals surface area contributed by atoms with Gasteiger partial charge in [0.15, 0.2) is 17.0 Å². The summed E-state index contributed by atoms with van der Waals surface area (Å²) < 4.78 is 42.6. The van der Waals surface area contributed by atoms with Gasteiger partial charge in [0.05, 0.1) is 5.75 Å². The summed E-state index contributed by atoms with van der Waals surface area (Å²) in [4.78, 5) is 12.3. The molecule has 4 rings (SSSR count). The molecule has 0 unspecified atom stereocenters. The summed E-state index contributed by atoms with van der Waals surface area (Å²) in [5, 5.41) is 0. The maximum absolute atomic E-state index is 13.9. The van der Waals surface area contributed by atoms with Crippen LogP contribution in [-0.4, -0.2) is 40.7 Å². The number of hydrogen-bond donors (Lipinski definition) is 2. The first-order valence-corrected chi connectivity index (χ1v) is 13.4. The Bertz CT molecular complexity index is 1260. The molecule has 0 spiro atoms. The van der Waals surface area contributed by atoms with Gasteiger partial charge in [-0.25, -0.2) is 18.1 Å². The average molecular weight is 572 g/mol. The molecule has 0 saturated carbocycles. The van der Waals surface area contributed by atoms with Crippen LogP contribution in [0.25, 0.3) is 11.2 Å². The number of aromatic nitrogens is 4. The van der Waals surface area contributed by atoms with Crippen molar-refractivity contribution in [2.75, 3.05) is 18.5 Å². The quantitative estimate of drug-likeness (QED) is 0.232. The van der Waals surface area contributed by atoms with Crippen molar-refractivity contribution in [1.82, 2.24) is 24.2 Å². The molecule has 3 aromatic rings. The molecular weight excluding hydrogens is 546 g/mol. The lowest BCUT2D eigenvalue weighted by atomic mass is 10.0. The van der Waals surface area contributed by atoms with E-state index in [9.17, 15) is 12.8 Å². The van der Waals surface area contributed by atoms with Crippen molar-refractivity contribution < 1.29 is 12.8 Å². The Labute approximate surface area is 200 Å². The first-order valence-electron chi connectivity index (χ1n) is 10.7. The van der Waals surface area contributed by atoms with Crippen LogP contribution in [0, 0.1) is 9.65 Å². The Hall–Kier alpha value is -1.86. The summed E-state index contributed by atoms with van der Waals surface area (Å²) in [6.07, 6.45) is 5.06. The van der Waals surface area contributed by atoms with Crippen molar-refractivity contribution in [1.29, 1.82) is 0 Å². The molecule has 11 heteroatoms. The molecule has 3 N–H and O–H groups in total. The molecule has 1 aliphatic rings. The van der Waals surface area contributed by atoms with E-state index in [1.165, 1.54) is 33.7 Å². The lowest BCUT2D eigenvalue weighted by Crippen LogP contribution is -2.21. The predicted molar refractivity (Wildman–Crippen MR) is 130 cm³/mol. The predicted octanol–water partition coefficient (Wildman–Crippen LogP) is 2.95. The Morgan fingerprint density at radius 1 is 1.16 bits per heavy atom. The van der Waals surface area contributed by atoms with Gasteiger partial charge in [0.2, 0.25) is 10.0 Å². The van der Waals surface area contributed by atoms with E-state index in [-0.39, 0.29) is 11.6 Å². The molecule has 2 aromatic heterocycles. The zero-order valence-corrected chi connectivity index (χ0v) is 20.8. The molecule has 172 valence electrons. The fourth-order valence-corrected chi connectivity index (χ4v) is 5.71. The summed E-state index contributed by atoms with van der Waals surface area (Å²) in [7, 11) is -1.80. The highest BCUT2D eigenvalue weighted by Crippen LogP contribution is 2.29. The first kappa shape index (κ1) is 23.3. The third kappa shape index (κ3) is 5.04. The number of nitrogens with two attached hydrogens (primary N) is 1. The van der Waals surface area contributed by atoms with Crippen LogP contribution in [0.15, 0.2) is 12.1 Å². The standard InChI is InChI=1S/C21H26FIN6O2S/c1-25-32(30,31)9-4-2-3-8-29-17(26-18-19(24)27-21(22)28-20(18)29)12-15-10-13-6-5-7-14(13)11-16(15)23/h10-11,25H,2-9,12H2,1H3,(H2,24,27,28). The summed E-state index contributed by atoms with van der Waals surface area (Å²) in [6, 6.07) is 4.51. The van der Waals surface area contributed by atoms with Gasteiger partial charge in [-0.3, -0.25) is 0 Å². The van der Waals surface area contributed by atoms with E-state index >= 15 is 0 Å². The highest BCUT2D eigenvalue weighted by molar-refractivity contribution is 14.1. The van der Waals surface area contributed by atoms with E-state index < -0.39 is 16.1 Å². The first-order chi connectivity index (χ1) is 15.3. The molecule has 0 aliphatic heterocycles. The van der Waals surface area contributed by atoms with Gasteiger partial charge >= 0.3 is 6.08 Å². The van der Waals surface area contributed by atoms with Crippen molar-refractivity contribution in [3.63, 3.8) is 0 Å². The maximum atomic E-state index is 13.9.